The van der Waals surface area contributed by atoms with Crippen molar-refractivity contribution in [2.24, 2.45) is 0 Å². The van der Waals surface area contributed by atoms with Crippen molar-refractivity contribution in [3.63, 3.8) is 0 Å². The fraction of sp³-hybridized carbons (Fsp3) is 0.238. The summed E-state index contributed by atoms with van der Waals surface area (Å²) in [6.07, 6.45) is 3.09. The lowest BCUT2D eigenvalue weighted by Gasteiger charge is -2.23. The van der Waals surface area contributed by atoms with E-state index in [1.165, 1.54) is 6.20 Å². The van der Waals surface area contributed by atoms with Crippen LogP contribution in [-0.2, 0) is 5.41 Å². The molecule has 2 aromatic heterocycles. The standard InChI is InChI=1S/C21H17B3N6O2/c1-20(11-31)10-28-17-13(9-25)7-12(8-14(17)20)15-4-6-27-19(29-15)30-16-3-2-5-26-18(16)32-21(22,23)24/h2-8,28,31H,10-11H2,1H3,(H,27,29,30). The minimum atomic E-state index is -1.90. The third-order valence-corrected chi connectivity index (χ3v) is 5.16. The molecule has 0 amide bonds. The van der Waals surface area contributed by atoms with Gasteiger partial charge in [0.15, 0.2) is 0 Å². The second-order valence-corrected chi connectivity index (χ2v) is 7.83. The van der Waals surface area contributed by atoms with Gasteiger partial charge in [-0.1, -0.05) is 6.92 Å². The molecule has 3 aromatic rings. The fourth-order valence-electron chi connectivity index (χ4n) is 3.50. The Morgan fingerprint density at radius 3 is 2.81 bits per heavy atom. The van der Waals surface area contributed by atoms with E-state index in [1.54, 1.807) is 30.5 Å². The molecule has 0 bridgehead atoms. The van der Waals surface area contributed by atoms with Crippen molar-refractivity contribution in [1.82, 2.24) is 15.0 Å². The first kappa shape index (κ1) is 21.7. The minimum Gasteiger partial charge on any atom is -0.499 e. The van der Waals surface area contributed by atoms with Crippen molar-refractivity contribution in [3.8, 4) is 23.2 Å². The molecule has 1 atom stereocenters. The number of benzene rings is 1. The van der Waals surface area contributed by atoms with Crippen LogP contribution < -0.4 is 15.4 Å². The Labute approximate surface area is 189 Å². The summed E-state index contributed by atoms with van der Waals surface area (Å²) in [7, 11) is 16.6. The topological polar surface area (TPSA) is 116 Å². The minimum absolute atomic E-state index is 0.0490. The van der Waals surface area contributed by atoms with Crippen LogP contribution in [0.25, 0.3) is 11.3 Å². The van der Waals surface area contributed by atoms with Gasteiger partial charge in [0.2, 0.25) is 11.8 Å². The van der Waals surface area contributed by atoms with Crippen LogP contribution in [0.3, 0.4) is 0 Å². The molecule has 1 aromatic carbocycles. The van der Waals surface area contributed by atoms with Gasteiger partial charge < -0.3 is 20.5 Å². The van der Waals surface area contributed by atoms with Crippen molar-refractivity contribution < 1.29 is 9.84 Å². The zero-order chi connectivity index (χ0) is 22.9. The smallest absolute Gasteiger partial charge is 0.236 e. The van der Waals surface area contributed by atoms with Gasteiger partial charge in [-0.3, -0.25) is 0 Å². The molecule has 152 valence electrons. The van der Waals surface area contributed by atoms with Crippen LogP contribution in [0.4, 0.5) is 17.3 Å². The number of aliphatic hydroxyl groups excluding tert-OH is 1. The number of hydrogen-bond acceptors (Lipinski definition) is 8. The Balaban J connectivity index is 1.70. The molecule has 0 spiro atoms. The molecular weight excluding hydrogens is 401 g/mol. The van der Waals surface area contributed by atoms with Crippen molar-refractivity contribution in [2.75, 3.05) is 23.8 Å². The van der Waals surface area contributed by atoms with Gasteiger partial charge >= 0.3 is 0 Å². The number of pyridine rings is 1. The lowest BCUT2D eigenvalue weighted by atomic mass is 9.52. The van der Waals surface area contributed by atoms with Gasteiger partial charge in [0, 0.05) is 29.9 Å². The second-order valence-electron chi connectivity index (χ2n) is 7.83. The quantitative estimate of drug-likeness (QED) is 0.514. The predicted octanol–water partition coefficient (Wildman–Crippen LogP) is 1.32. The second kappa shape index (κ2) is 8.21. The van der Waals surface area contributed by atoms with Crippen LogP contribution in [0.5, 0.6) is 5.88 Å². The van der Waals surface area contributed by atoms with E-state index in [4.69, 9.17) is 28.3 Å². The highest BCUT2D eigenvalue weighted by atomic mass is 16.5. The van der Waals surface area contributed by atoms with E-state index >= 15 is 0 Å². The number of nitriles is 1. The Bertz CT molecular complexity index is 1210. The summed E-state index contributed by atoms with van der Waals surface area (Å²) in [5.74, 6) is 0.349. The van der Waals surface area contributed by atoms with Crippen molar-refractivity contribution in [1.29, 1.82) is 5.26 Å². The summed E-state index contributed by atoms with van der Waals surface area (Å²) in [4.78, 5) is 12.9. The Hall–Kier alpha value is -3.51. The molecule has 0 aliphatic carbocycles. The zero-order valence-corrected chi connectivity index (χ0v) is 17.3. The maximum Gasteiger partial charge on any atom is 0.236 e. The third kappa shape index (κ3) is 4.27. The summed E-state index contributed by atoms with van der Waals surface area (Å²) in [5, 5.41) is 23.9. The zero-order valence-electron chi connectivity index (χ0n) is 17.3. The predicted molar refractivity (Wildman–Crippen MR) is 123 cm³/mol. The van der Waals surface area contributed by atoms with E-state index in [0.29, 0.717) is 23.5 Å². The van der Waals surface area contributed by atoms with Crippen LogP contribution in [0.1, 0.15) is 18.1 Å². The van der Waals surface area contributed by atoms with Crippen molar-refractivity contribution in [2.45, 2.75) is 17.6 Å². The lowest BCUT2D eigenvalue weighted by molar-refractivity contribution is 0.219. The number of anilines is 3. The molecular formula is C21H17B3N6O2. The highest BCUT2D eigenvalue weighted by Gasteiger charge is 2.36. The maximum absolute atomic E-state index is 9.91. The van der Waals surface area contributed by atoms with Gasteiger partial charge in [-0.05, 0) is 41.2 Å². The number of aliphatic hydroxyl groups is 1. The van der Waals surface area contributed by atoms with Gasteiger partial charge in [-0.2, -0.15) is 5.26 Å². The fourth-order valence-corrected chi connectivity index (χ4v) is 3.50. The molecule has 4 rings (SSSR count). The number of nitrogens with zero attached hydrogens (tertiary/aromatic N) is 4. The van der Waals surface area contributed by atoms with E-state index in [2.05, 4.69) is 31.7 Å². The van der Waals surface area contributed by atoms with Gasteiger partial charge in [0.05, 0.1) is 23.6 Å². The van der Waals surface area contributed by atoms with Crippen molar-refractivity contribution >= 4 is 40.9 Å². The molecule has 8 nitrogen and oxygen atoms in total. The van der Waals surface area contributed by atoms with E-state index in [1.807, 2.05) is 13.0 Å². The lowest BCUT2D eigenvalue weighted by Crippen LogP contribution is -2.38. The molecule has 0 saturated heterocycles. The SMILES string of the molecule is [B]C([B])([B])Oc1ncccc1Nc1nccc(-c2cc(C#N)c3c(c2)C(C)(CO)CN3)n1. The molecule has 3 N–H and O–H groups in total. The highest BCUT2D eigenvalue weighted by Crippen LogP contribution is 2.41. The van der Waals surface area contributed by atoms with Gasteiger partial charge in [0.25, 0.3) is 0 Å². The number of hydrogen-bond donors (Lipinski definition) is 3. The molecule has 3 heterocycles. The van der Waals surface area contributed by atoms with Crippen molar-refractivity contribution in [3.05, 3.63) is 53.9 Å². The van der Waals surface area contributed by atoms with Crippen LogP contribution in [0, 0.1) is 11.3 Å². The van der Waals surface area contributed by atoms with Gasteiger partial charge in [-0.15, -0.1) is 0 Å². The average molecular weight is 418 g/mol. The summed E-state index contributed by atoms with van der Waals surface area (Å²) in [6.45, 7) is 2.44. The summed E-state index contributed by atoms with van der Waals surface area (Å²) >= 11 is 0. The van der Waals surface area contributed by atoms with Gasteiger partial charge in [-0.25, -0.2) is 15.0 Å². The first-order valence-corrected chi connectivity index (χ1v) is 9.77. The Morgan fingerprint density at radius 2 is 2.09 bits per heavy atom. The highest BCUT2D eigenvalue weighted by molar-refractivity contribution is 6.58. The van der Waals surface area contributed by atoms with E-state index in [-0.39, 0.29) is 18.4 Å². The van der Waals surface area contributed by atoms with Crippen LogP contribution in [-0.4, -0.2) is 62.0 Å². The molecule has 0 fully saturated rings. The number of ether oxygens (including phenoxy) is 1. The molecule has 0 saturated carbocycles. The van der Waals surface area contributed by atoms with E-state index < -0.39 is 10.7 Å². The number of nitrogens with one attached hydrogen (secondary N) is 2. The first-order chi connectivity index (χ1) is 15.2. The summed E-state index contributed by atoms with van der Waals surface area (Å²) in [6, 6.07) is 11.0. The first-order valence-electron chi connectivity index (χ1n) is 9.77. The summed E-state index contributed by atoms with van der Waals surface area (Å²) < 4.78 is 5.27. The largest absolute Gasteiger partial charge is 0.499 e. The number of fused-ring (bicyclic) bond motifs is 1. The molecule has 32 heavy (non-hydrogen) atoms. The van der Waals surface area contributed by atoms with Gasteiger partial charge in [0.1, 0.15) is 35.3 Å². The number of aromatic nitrogens is 3. The van der Waals surface area contributed by atoms with Crippen LogP contribution in [0.15, 0.2) is 42.7 Å². The maximum atomic E-state index is 9.91. The molecule has 1 unspecified atom stereocenters. The Morgan fingerprint density at radius 1 is 1.28 bits per heavy atom. The Kier molecular flexibility index (Phi) is 5.57. The van der Waals surface area contributed by atoms with Crippen LogP contribution in [0.2, 0.25) is 0 Å². The summed E-state index contributed by atoms with van der Waals surface area (Å²) in [5.41, 5.74) is 3.33. The molecule has 1 aliphatic heterocycles. The number of rotatable bonds is 6. The molecule has 6 radical (unpaired) electrons. The van der Waals surface area contributed by atoms with Crippen LogP contribution >= 0.6 is 0 Å². The molecule has 1 aliphatic rings. The third-order valence-electron chi connectivity index (χ3n) is 5.16. The average Bonchev–Trinajstić information content (AvgIpc) is 3.11. The van der Waals surface area contributed by atoms with E-state index in [0.717, 1.165) is 16.8 Å². The normalized spacial score (nSPS) is 17.2. The molecule has 11 heteroatoms. The monoisotopic (exact) mass is 418 g/mol. The van der Waals surface area contributed by atoms with E-state index in [9.17, 15) is 10.4 Å².